The van der Waals surface area contributed by atoms with E-state index in [2.05, 4.69) is 24.1 Å². The number of benzene rings is 1. The quantitative estimate of drug-likeness (QED) is 0.794. The molecule has 1 heterocycles. The number of unbranched alkanes of at least 4 members (excludes halogenated alkanes) is 1. The van der Waals surface area contributed by atoms with Crippen LogP contribution in [0, 0.1) is 0 Å². The lowest BCUT2D eigenvalue weighted by Gasteiger charge is -2.15. The maximum absolute atomic E-state index is 11.7. The molecule has 0 radical (unpaired) electrons. The summed E-state index contributed by atoms with van der Waals surface area (Å²) in [5, 5.41) is 5.29. The van der Waals surface area contributed by atoms with E-state index in [1.54, 1.807) is 0 Å². The van der Waals surface area contributed by atoms with Crippen LogP contribution in [0.4, 0.5) is 0 Å². The van der Waals surface area contributed by atoms with Gasteiger partial charge in [-0.2, -0.15) is 0 Å². The number of nitrogens with one attached hydrogen (secondary N) is 2. The van der Waals surface area contributed by atoms with Crippen molar-refractivity contribution in [1.29, 1.82) is 0 Å². The van der Waals surface area contributed by atoms with Crippen LogP contribution in [0.1, 0.15) is 38.3 Å². The fourth-order valence-corrected chi connectivity index (χ4v) is 2.20. The van der Waals surface area contributed by atoms with Gasteiger partial charge in [0, 0.05) is 17.6 Å². The summed E-state index contributed by atoms with van der Waals surface area (Å²) in [5.41, 5.74) is 1.14. The monoisotopic (exact) mass is 244 g/mol. The first-order chi connectivity index (χ1) is 8.74. The van der Waals surface area contributed by atoms with E-state index in [1.165, 1.54) is 12.8 Å². The molecule has 1 atom stereocenters. The zero-order valence-electron chi connectivity index (χ0n) is 11.0. The third-order valence-corrected chi connectivity index (χ3v) is 3.29. The summed E-state index contributed by atoms with van der Waals surface area (Å²) in [6, 6.07) is 8.01. The number of H-pyrrole nitrogens is 1. The van der Waals surface area contributed by atoms with Gasteiger partial charge in [0.05, 0.1) is 0 Å². The number of pyridine rings is 1. The summed E-state index contributed by atoms with van der Waals surface area (Å²) in [7, 11) is 0. The molecule has 2 rings (SSSR count). The highest BCUT2D eigenvalue weighted by atomic mass is 16.1. The van der Waals surface area contributed by atoms with Crippen LogP contribution in [-0.2, 0) is 0 Å². The summed E-state index contributed by atoms with van der Waals surface area (Å²) in [6.45, 7) is 5.32. The maximum atomic E-state index is 11.7. The third-order valence-electron chi connectivity index (χ3n) is 3.29. The first-order valence-electron chi connectivity index (χ1n) is 6.57. The van der Waals surface area contributed by atoms with Crippen molar-refractivity contribution in [2.45, 2.75) is 32.7 Å². The molecule has 0 aliphatic carbocycles. The molecular weight excluding hydrogens is 224 g/mol. The van der Waals surface area contributed by atoms with Crippen molar-refractivity contribution in [2.24, 2.45) is 0 Å². The highest BCUT2D eigenvalue weighted by Crippen LogP contribution is 2.20. The zero-order valence-corrected chi connectivity index (χ0v) is 11.0. The van der Waals surface area contributed by atoms with Crippen molar-refractivity contribution >= 4 is 10.8 Å². The first-order valence-corrected chi connectivity index (χ1v) is 6.57. The molecule has 0 saturated heterocycles. The zero-order chi connectivity index (χ0) is 13.0. The Labute approximate surface area is 107 Å². The fraction of sp³-hybridized carbons (Fsp3) is 0.400. The van der Waals surface area contributed by atoms with Gasteiger partial charge >= 0.3 is 0 Å². The molecule has 0 saturated carbocycles. The van der Waals surface area contributed by atoms with E-state index in [4.69, 9.17) is 0 Å². The number of fused-ring (bicyclic) bond motifs is 1. The molecule has 18 heavy (non-hydrogen) atoms. The minimum atomic E-state index is -0.0184. The van der Waals surface area contributed by atoms with Crippen LogP contribution in [0.15, 0.2) is 35.3 Å². The van der Waals surface area contributed by atoms with E-state index >= 15 is 0 Å². The van der Waals surface area contributed by atoms with Gasteiger partial charge in [0.25, 0.3) is 5.56 Å². The first kappa shape index (κ1) is 12.8. The van der Waals surface area contributed by atoms with Crippen LogP contribution < -0.4 is 10.9 Å². The Morgan fingerprint density at radius 1 is 1.28 bits per heavy atom. The maximum Gasteiger partial charge on any atom is 0.255 e. The van der Waals surface area contributed by atoms with Crippen molar-refractivity contribution < 1.29 is 0 Å². The normalized spacial score (nSPS) is 12.8. The Bertz CT molecular complexity index is 574. The molecule has 2 N–H and O–H groups in total. The summed E-state index contributed by atoms with van der Waals surface area (Å²) < 4.78 is 0. The van der Waals surface area contributed by atoms with Crippen molar-refractivity contribution in [3.63, 3.8) is 0 Å². The van der Waals surface area contributed by atoms with Gasteiger partial charge in [-0.25, -0.2) is 0 Å². The molecule has 1 aromatic carbocycles. The van der Waals surface area contributed by atoms with Gasteiger partial charge in [-0.1, -0.05) is 31.5 Å². The van der Waals surface area contributed by atoms with Crippen LogP contribution in [0.5, 0.6) is 0 Å². The van der Waals surface area contributed by atoms with E-state index < -0.39 is 0 Å². The lowest BCUT2D eigenvalue weighted by Crippen LogP contribution is -2.21. The van der Waals surface area contributed by atoms with Gasteiger partial charge in [-0.3, -0.25) is 4.79 Å². The van der Waals surface area contributed by atoms with Gasteiger partial charge in [-0.15, -0.1) is 0 Å². The predicted octanol–water partition coefficient (Wildman–Crippen LogP) is 2.98. The van der Waals surface area contributed by atoms with E-state index in [9.17, 15) is 4.79 Å². The van der Waals surface area contributed by atoms with Gasteiger partial charge < -0.3 is 10.3 Å². The highest BCUT2D eigenvalue weighted by molar-refractivity contribution is 5.84. The Morgan fingerprint density at radius 2 is 2.00 bits per heavy atom. The predicted molar refractivity (Wildman–Crippen MR) is 75.9 cm³/mol. The number of aromatic nitrogens is 1. The molecule has 3 heteroatoms. The fourth-order valence-electron chi connectivity index (χ4n) is 2.20. The number of rotatable bonds is 5. The molecule has 0 amide bonds. The van der Waals surface area contributed by atoms with Crippen LogP contribution in [0.2, 0.25) is 0 Å². The van der Waals surface area contributed by atoms with Crippen molar-refractivity contribution in [2.75, 3.05) is 6.54 Å². The van der Waals surface area contributed by atoms with Crippen molar-refractivity contribution in [1.82, 2.24) is 10.3 Å². The molecule has 1 aromatic heterocycles. The van der Waals surface area contributed by atoms with Gasteiger partial charge in [0.2, 0.25) is 0 Å². The topological polar surface area (TPSA) is 44.9 Å². The Balaban J connectivity index is 2.33. The molecule has 0 fully saturated rings. The molecular formula is C15H20N2O. The second-order valence-electron chi connectivity index (χ2n) is 4.65. The number of aromatic amines is 1. The standard InChI is InChI=1S/C15H20N2O/c1-3-4-9-16-11(2)14-10-17-15(18)13-8-6-5-7-12(13)14/h5-8,10-11,16H,3-4,9H2,1-2H3,(H,17,18). The van der Waals surface area contributed by atoms with Crippen LogP contribution in [-0.4, -0.2) is 11.5 Å². The SMILES string of the molecule is CCCCNC(C)c1c[nH]c(=O)c2ccccc12. The van der Waals surface area contributed by atoms with E-state index in [1.807, 2.05) is 30.5 Å². The Hall–Kier alpha value is -1.61. The average Bonchev–Trinajstić information content (AvgIpc) is 2.39. The smallest absolute Gasteiger partial charge is 0.255 e. The van der Waals surface area contributed by atoms with Crippen molar-refractivity contribution in [3.05, 3.63) is 46.4 Å². The van der Waals surface area contributed by atoms with Crippen LogP contribution >= 0.6 is 0 Å². The number of hydrogen-bond donors (Lipinski definition) is 2. The van der Waals surface area contributed by atoms with Crippen LogP contribution in [0.3, 0.4) is 0 Å². The molecule has 2 aromatic rings. The molecule has 96 valence electrons. The average molecular weight is 244 g/mol. The second kappa shape index (κ2) is 5.83. The minimum Gasteiger partial charge on any atom is -0.328 e. The second-order valence-corrected chi connectivity index (χ2v) is 4.65. The van der Waals surface area contributed by atoms with Crippen LogP contribution in [0.25, 0.3) is 10.8 Å². The van der Waals surface area contributed by atoms with E-state index in [0.29, 0.717) is 0 Å². The molecule has 0 bridgehead atoms. The molecule has 3 nitrogen and oxygen atoms in total. The summed E-state index contributed by atoms with van der Waals surface area (Å²) in [6.07, 6.45) is 4.19. The highest BCUT2D eigenvalue weighted by Gasteiger charge is 2.10. The van der Waals surface area contributed by atoms with E-state index in [-0.39, 0.29) is 11.6 Å². The summed E-state index contributed by atoms with van der Waals surface area (Å²) in [4.78, 5) is 14.6. The summed E-state index contributed by atoms with van der Waals surface area (Å²) in [5.74, 6) is 0. The van der Waals surface area contributed by atoms with Gasteiger partial charge in [0.1, 0.15) is 0 Å². The molecule has 0 spiro atoms. The van der Waals surface area contributed by atoms with E-state index in [0.717, 1.165) is 22.9 Å². The Kier molecular flexibility index (Phi) is 4.15. The third kappa shape index (κ3) is 2.62. The number of hydrogen-bond acceptors (Lipinski definition) is 2. The minimum absolute atomic E-state index is 0.0184. The Morgan fingerprint density at radius 3 is 2.72 bits per heavy atom. The molecule has 0 aliphatic heterocycles. The van der Waals surface area contributed by atoms with Gasteiger partial charge in [0.15, 0.2) is 0 Å². The lowest BCUT2D eigenvalue weighted by atomic mass is 10.0. The molecule has 1 unspecified atom stereocenters. The molecule has 0 aliphatic rings. The lowest BCUT2D eigenvalue weighted by molar-refractivity contribution is 0.556. The largest absolute Gasteiger partial charge is 0.328 e. The van der Waals surface area contributed by atoms with Crippen molar-refractivity contribution in [3.8, 4) is 0 Å². The van der Waals surface area contributed by atoms with Gasteiger partial charge in [-0.05, 0) is 36.9 Å². The summed E-state index contributed by atoms with van der Waals surface area (Å²) >= 11 is 0.